The minimum absolute atomic E-state index is 1.17. The van der Waals surface area contributed by atoms with Gasteiger partial charge in [0, 0.05) is 0 Å². The smallest absolute Gasteiger partial charge is 0.0622 e. The third-order valence-corrected chi connectivity index (χ3v) is 14.5. The predicted octanol–water partition coefficient (Wildman–Crippen LogP) is 13.0. The molecule has 0 aliphatic carbocycles. The van der Waals surface area contributed by atoms with E-state index in [0.717, 1.165) is 0 Å². The van der Waals surface area contributed by atoms with E-state index in [1.165, 1.54) is 65.7 Å². The molecule has 0 aliphatic heterocycles. The summed E-state index contributed by atoms with van der Waals surface area (Å²) in [5, 5.41) is 5.25. The van der Waals surface area contributed by atoms with Crippen molar-refractivity contribution in [3.05, 3.63) is 263 Å². The molecule has 8 aromatic rings. The van der Waals surface area contributed by atoms with Gasteiger partial charge in [-0.3, -0.25) is 0 Å². The number of hydrogen-bond donors (Lipinski definition) is 0. The van der Waals surface area contributed by atoms with Gasteiger partial charge in [0.15, 0.2) is 0 Å². The van der Waals surface area contributed by atoms with Crippen molar-refractivity contribution in [2.24, 2.45) is 0 Å². The topological polar surface area (TPSA) is 0 Å². The molecule has 0 nitrogen and oxygen atoms in total. The van der Waals surface area contributed by atoms with Crippen molar-refractivity contribution in [2.45, 2.75) is 0 Å². The van der Waals surface area contributed by atoms with Gasteiger partial charge in [0.05, 0.1) is 0 Å². The first-order valence-corrected chi connectivity index (χ1v) is 21.3. The first kappa shape index (κ1) is 37.1. The Balaban J connectivity index is 1.25. The molecule has 8 aromatic carbocycles. The molecule has 8 rings (SSSR count). The fourth-order valence-electron chi connectivity index (χ4n) is 7.16. The molecule has 272 valence electrons. The summed E-state index contributed by atoms with van der Waals surface area (Å²) in [5.74, 6) is 0. The van der Waals surface area contributed by atoms with E-state index >= 15 is 0 Å². The summed E-state index contributed by atoms with van der Waals surface area (Å²) in [4.78, 5) is 0. The maximum atomic E-state index is 2.36. The van der Waals surface area contributed by atoms with E-state index in [1.54, 1.807) is 0 Å². The molecule has 0 saturated carbocycles. The van der Waals surface area contributed by atoms with Crippen LogP contribution >= 0.6 is 7.26 Å². The Hall–Kier alpha value is -6.85. The molecule has 0 amide bonds. The predicted molar refractivity (Wildman–Crippen MR) is 253 cm³/mol. The number of benzene rings is 8. The van der Waals surface area contributed by atoms with Crippen LogP contribution in [0.1, 0.15) is 44.5 Å². The molecule has 0 heterocycles. The molecule has 1 heteroatoms. The zero-order valence-electron chi connectivity index (χ0n) is 31.9. The first-order chi connectivity index (χ1) is 28.2. The lowest BCUT2D eigenvalue weighted by Crippen LogP contribution is -2.38. The molecule has 0 saturated heterocycles. The Labute approximate surface area is 338 Å². The fraction of sp³-hybridized carbons (Fsp3) is 0. The second kappa shape index (κ2) is 18.2. The summed E-state index contributed by atoms with van der Waals surface area (Å²) in [6.45, 7) is 0. The molecule has 0 radical (unpaired) electrons. The maximum absolute atomic E-state index is 2.39. The standard InChI is InChI=1S/C56H44P/c1-5-13-45(14-6-1)21-25-49-29-37-53(38-30-49)57(54-39-31-50(32-40-54)26-22-46-15-7-2-8-16-46,55-41-33-51(34-42-55)27-23-47-17-9-3-10-18-47)56-43-35-52(36-44-56)28-24-48-19-11-4-12-20-48/h1-44H/q+1/b25-21+,26-22+,27-23+,28-24+. The van der Waals surface area contributed by atoms with Crippen LogP contribution in [0, 0.1) is 0 Å². The van der Waals surface area contributed by atoms with E-state index in [1.807, 2.05) is 0 Å². The summed E-state index contributed by atoms with van der Waals surface area (Å²) in [6, 6.07) is 79.0. The summed E-state index contributed by atoms with van der Waals surface area (Å²) in [7, 11) is -2.39. The van der Waals surface area contributed by atoms with Crippen LogP contribution in [-0.4, -0.2) is 0 Å². The third-order valence-electron chi connectivity index (χ3n) is 10.2. The van der Waals surface area contributed by atoms with Gasteiger partial charge in [-0.1, -0.05) is 218 Å². The highest BCUT2D eigenvalue weighted by atomic mass is 31.2. The SMILES string of the molecule is C(=C\c1ccc([P+](c2ccc(/C=C/c3ccccc3)cc2)(c2ccc(/C=C/c3ccccc3)cc2)c2ccc(/C=C/c3ccccc3)cc2)cc1)/c1ccccc1. The quantitative estimate of drug-likeness (QED) is 0.0862. The highest BCUT2D eigenvalue weighted by molar-refractivity contribution is 8.01. The number of hydrogen-bond acceptors (Lipinski definition) is 0. The van der Waals surface area contributed by atoms with Gasteiger partial charge in [-0.15, -0.1) is 0 Å². The van der Waals surface area contributed by atoms with Gasteiger partial charge in [0.1, 0.15) is 28.5 Å². The minimum Gasteiger partial charge on any atom is -0.0622 e. The van der Waals surface area contributed by atoms with Crippen LogP contribution in [0.25, 0.3) is 48.6 Å². The van der Waals surface area contributed by atoms with Crippen LogP contribution < -0.4 is 21.2 Å². The van der Waals surface area contributed by atoms with Crippen molar-refractivity contribution in [1.29, 1.82) is 0 Å². The first-order valence-electron chi connectivity index (χ1n) is 19.5. The van der Waals surface area contributed by atoms with Crippen LogP contribution in [0.3, 0.4) is 0 Å². The van der Waals surface area contributed by atoms with Crippen LogP contribution in [0.5, 0.6) is 0 Å². The van der Waals surface area contributed by atoms with Crippen molar-refractivity contribution in [3.8, 4) is 0 Å². The van der Waals surface area contributed by atoms with Crippen molar-refractivity contribution >= 4 is 77.1 Å². The molecular formula is C56H44P+. The van der Waals surface area contributed by atoms with E-state index in [4.69, 9.17) is 0 Å². The summed E-state index contributed by atoms with van der Waals surface area (Å²) in [6.07, 6.45) is 17.5. The van der Waals surface area contributed by atoms with E-state index in [9.17, 15) is 0 Å². The van der Waals surface area contributed by atoms with Crippen LogP contribution in [-0.2, 0) is 0 Å². The highest BCUT2D eigenvalue weighted by Gasteiger charge is 2.47. The molecule has 0 spiro atoms. The van der Waals surface area contributed by atoms with Crippen LogP contribution in [0.15, 0.2) is 218 Å². The van der Waals surface area contributed by atoms with Gasteiger partial charge >= 0.3 is 0 Å². The Bertz CT molecular complexity index is 2200. The monoisotopic (exact) mass is 747 g/mol. The molecule has 0 aliphatic rings. The third kappa shape index (κ3) is 9.17. The lowest BCUT2D eigenvalue weighted by atomic mass is 10.1. The Morgan fingerprint density at radius 2 is 0.333 bits per heavy atom. The van der Waals surface area contributed by atoms with Crippen molar-refractivity contribution in [1.82, 2.24) is 0 Å². The highest BCUT2D eigenvalue weighted by Crippen LogP contribution is 2.54. The minimum atomic E-state index is -2.39. The average Bonchev–Trinajstić information content (AvgIpc) is 3.29. The second-order valence-corrected chi connectivity index (χ2v) is 17.4. The molecular weight excluding hydrogens is 704 g/mol. The number of rotatable bonds is 12. The van der Waals surface area contributed by atoms with Gasteiger partial charge in [0.2, 0.25) is 0 Å². The summed E-state index contributed by atoms with van der Waals surface area (Å²) < 4.78 is 0. The molecule has 0 aromatic heterocycles. The van der Waals surface area contributed by atoms with Crippen LogP contribution in [0.4, 0.5) is 0 Å². The Morgan fingerprint density at radius 1 is 0.175 bits per heavy atom. The normalized spacial score (nSPS) is 11.9. The van der Waals surface area contributed by atoms with E-state index in [0.29, 0.717) is 0 Å². The largest absolute Gasteiger partial charge is 0.144 e. The van der Waals surface area contributed by atoms with Gasteiger partial charge in [-0.05, 0) is 93.0 Å². The molecule has 0 unspecified atom stereocenters. The van der Waals surface area contributed by atoms with E-state index in [2.05, 4.69) is 267 Å². The molecule has 0 fully saturated rings. The van der Waals surface area contributed by atoms with Crippen molar-refractivity contribution in [3.63, 3.8) is 0 Å². The zero-order valence-corrected chi connectivity index (χ0v) is 32.7. The lowest BCUT2D eigenvalue weighted by molar-refractivity contribution is 1.64. The van der Waals surface area contributed by atoms with E-state index in [-0.39, 0.29) is 0 Å². The molecule has 0 atom stereocenters. The van der Waals surface area contributed by atoms with Crippen molar-refractivity contribution in [2.75, 3.05) is 0 Å². The van der Waals surface area contributed by atoms with Gasteiger partial charge in [-0.25, -0.2) is 0 Å². The fourth-order valence-corrected chi connectivity index (χ4v) is 11.3. The van der Waals surface area contributed by atoms with Gasteiger partial charge in [0.25, 0.3) is 0 Å². The maximum Gasteiger partial charge on any atom is 0.144 e. The Kier molecular flexibility index (Phi) is 11.8. The van der Waals surface area contributed by atoms with Gasteiger partial charge in [-0.2, -0.15) is 0 Å². The van der Waals surface area contributed by atoms with E-state index < -0.39 is 7.26 Å². The summed E-state index contributed by atoms with van der Waals surface area (Å²) >= 11 is 0. The average molecular weight is 748 g/mol. The van der Waals surface area contributed by atoms with Crippen LogP contribution in [0.2, 0.25) is 0 Å². The lowest BCUT2D eigenvalue weighted by Gasteiger charge is -2.28. The van der Waals surface area contributed by atoms with Crippen molar-refractivity contribution < 1.29 is 0 Å². The second-order valence-electron chi connectivity index (χ2n) is 14.0. The molecule has 0 bridgehead atoms. The summed E-state index contributed by atoms with van der Waals surface area (Å²) in [5.41, 5.74) is 9.44. The Morgan fingerprint density at radius 3 is 0.509 bits per heavy atom. The molecule has 0 N–H and O–H groups in total. The zero-order chi connectivity index (χ0) is 38.5. The van der Waals surface area contributed by atoms with Gasteiger partial charge < -0.3 is 0 Å². The molecule has 57 heavy (non-hydrogen) atoms.